The number of anilines is 1. The lowest BCUT2D eigenvalue weighted by molar-refractivity contribution is 0.195. The molecule has 0 bridgehead atoms. The number of methoxy groups -OCH3 is 2. The topological polar surface area (TPSA) is 61.4 Å². The SMILES string of the molecule is CN=C(NCCN1CCC(C)CC1)NC1CCN(c2cc(OC)cc(OC)c2)C1. The van der Waals surface area contributed by atoms with E-state index in [0.717, 1.165) is 61.7 Å². The van der Waals surface area contributed by atoms with Gasteiger partial charge in [-0.05, 0) is 38.3 Å². The zero-order valence-corrected chi connectivity index (χ0v) is 18.4. The van der Waals surface area contributed by atoms with Gasteiger partial charge in [0.15, 0.2) is 5.96 Å². The number of nitrogens with one attached hydrogen (secondary N) is 2. The number of piperidine rings is 1. The molecule has 1 aromatic rings. The predicted octanol–water partition coefficient (Wildman–Crippen LogP) is 2.18. The van der Waals surface area contributed by atoms with Gasteiger partial charge in [-0.2, -0.15) is 0 Å². The minimum atomic E-state index is 0.370. The summed E-state index contributed by atoms with van der Waals surface area (Å²) in [6.45, 7) is 8.73. The van der Waals surface area contributed by atoms with Crippen LogP contribution in [0.2, 0.25) is 0 Å². The minimum Gasteiger partial charge on any atom is -0.497 e. The number of ether oxygens (including phenoxy) is 2. The van der Waals surface area contributed by atoms with Gasteiger partial charge in [-0.1, -0.05) is 6.92 Å². The molecule has 1 aromatic carbocycles. The monoisotopic (exact) mass is 403 g/mol. The van der Waals surface area contributed by atoms with Crippen LogP contribution >= 0.6 is 0 Å². The molecule has 0 radical (unpaired) electrons. The molecule has 1 atom stereocenters. The van der Waals surface area contributed by atoms with E-state index in [9.17, 15) is 0 Å². The molecule has 2 fully saturated rings. The van der Waals surface area contributed by atoms with Crippen LogP contribution in [0.4, 0.5) is 5.69 Å². The highest BCUT2D eigenvalue weighted by Gasteiger charge is 2.24. The molecule has 7 heteroatoms. The second-order valence-corrected chi connectivity index (χ2v) is 8.17. The van der Waals surface area contributed by atoms with E-state index in [2.05, 4.69) is 44.5 Å². The summed E-state index contributed by atoms with van der Waals surface area (Å²) in [5, 5.41) is 7.07. The molecule has 0 aliphatic carbocycles. The Bertz CT molecular complexity index is 651. The number of hydrogen-bond donors (Lipinski definition) is 2. The molecular weight excluding hydrogens is 366 g/mol. The molecule has 0 aromatic heterocycles. The van der Waals surface area contributed by atoms with E-state index in [1.54, 1.807) is 14.2 Å². The fourth-order valence-electron chi connectivity index (χ4n) is 4.09. The number of nitrogens with zero attached hydrogens (tertiary/aromatic N) is 3. The van der Waals surface area contributed by atoms with Gasteiger partial charge in [-0.15, -0.1) is 0 Å². The first kappa shape index (κ1) is 21.6. The third-order valence-corrected chi connectivity index (χ3v) is 6.05. The highest BCUT2D eigenvalue weighted by atomic mass is 16.5. The fraction of sp³-hybridized carbons (Fsp3) is 0.682. The summed E-state index contributed by atoms with van der Waals surface area (Å²) < 4.78 is 10.8. The Morgan fingerprint density at radius 2 is 1.76 bits per heavy atom. The van der Waals surface area contributed by atoms with Gasteiger partial charge in [0.2, 0.25) is 0 Å². The summed E-state index contributed by atoms with van der Waals surface area (Å²) in [6.07, 6.45) is 3.71. The van der Waals surface area contributed by atoms with Crippen LogP contribution in [0.5, 0.6) is 11.5 Å². The zero-order chi connectivity index (χ0) is 20.6. The van der Waals surface area contributed by atoms with Crippen molar-refractivity contribution in [2.45, 2.75) is 32.2 Å². The Kier molecular flexibility index (Phi) is 7.86. The first-order valence-corrected chi connectivity index (χ1v) is 10.8. The molecule has 29 heavy (non-hydrogen) atoms. The average Bonchev–Trinajstić information content (AvgIpc) is 3.22. The van der Waals surface area contributed by atoms with Crippen molar-refractivity contribution in [3.8, 4) is 11.5 Å². The van der Waals surface area contributed by atoms with Crippen LogP contribution < -0.4 is 25.0 Å². The Morgan fingerprint density at radius 3 is 2.38 bits per heavy atom. The molecule has 1 unspecified atom stereocenters. The van der Waals surface area contributed by atoms with Crippen LogP contribution in [0.15, 0.2) is 23.2 Å². The Balaban J connectivity index is 1.46. The van der Waals surface area contributed by atoms with Crippen molar-refractivity contribution in [1.29, 1.82) is 0 Å². The maximum Gasteiger partial charge on any atom is 0.191 e. The highest BCUT2D eigenvalue weighted by Crippen LogP contribution is 2.30. The maximum absolute atomic E-state index is 5.41. The van der Waals surface area contributed by atoms with Crippen molar-refractivity contribution in [3.63, 3.8) is 0 Å². The van der Waals surface area contributed by atoms with Crippen LogP contribution in [-0.2, 0) is 0 Å². The van der Waals surface area contributed by atoms with E-state index in [0.29, 0.717) is 6.04 Å². The number of rotatable bonds is 7. The molecule has 162 valence electrons. The fourth-order valence-corrected chi connectivity index (χ4v) is 4.09. The van der Waals surface area contributed by atoms with Crippen molar-refractivity contribution < 1.29 is 9.47 Å². The summed E-state index contributed by atoms with van der Waals surface area (Å²) in [7, 11) is 5.22. The molecule has 2 saturated heterocycles. The van der Waals surface area contributed by atoms with Crippen molar-refractivity contribution in [1.82, 2.24) is 15.5 Å². The largest absolute Gasteiger partial charge is 0.497 e. The van der Waals surface area contributed by atoms with Gasteiger partial charge in [0, 0.05) is 63.2 Å². The Morgan fingerprint density at radius 1 is 1.07 bits per heavy atom. The van der Waals surface area contributed by atoms with Crippen LogP contribution in [0.25, 0.3) is 0 Å². The second kappa shape index (κ2) is 10.6. The first-order chi connectivity index (χ1) is 14.1. The minimum absolute atomic E-state index is 0.370. The lowest BCUT2D eigenvalue weighted by Gasteiger charge is -2.30. The van der Waals surface area contributed by atoms with E-state index in [1.807, 2.05) is 13.1 Å². The molecule has 7 nitrogen and oxygen atoms in total. The molecule has 2 aliphatic heterocycles. The van der Waals surface area contributed by atoms with Gasteiger partial charge in [0.05, 0.1) is 14.2 Å². The van der Waals surface area contributed by atoms with Crippen LogP contribution in [0.1, 0.15) is 26.2 Å². The van der Waals surface area contributed by atoms with E-state index >= 15 is 0 Å². The van der Waals surface area contributed by atoms with Gasteiger partial charge in [0.1, 0.15) is 11.5 Å². The second-order valence-electron chi connectivity index (χ2n) is 8.17. The third-order valence-electron chi connectivity index (χ3n) is 6.05. The van der Waals surface area contributed by atoms with E-state index in [1.165, 1.54) is 25.9 Å². The van der Waals surface area contributed by atoms with Gasteiger partial charge < -0.3 is 29.9 Å². The van der Waals surface area contributed by atoms with Crippen molar-refractivity contribution in [2.75, 3.05) is 65.4 Å². The summed E-state index contributed by atoms with van der Waals surface area (Å²) in [6, 6.07) is 6.41. The molecule has 2 heterocycles. The summed E-state index contributed by atoms with van der Waals surface area (Å²) in [5.41, 5.74) is 1.13. The summed E-state index contributed by atoms with van der Waals surface area (Å²) in [4.78, 5) is 9.33. The van der Waals surface area contributed by atoms with E-state index in [4.69, 9.17) is 9.47 Å². The standard InChI is InChI=1S/C22H37N5O2/c1-17-5-9-26(10-6-17)12-8-24-22(23-2)25-18-7-11-27(16-18)19-13-20(28-3)15-21(14-19)29-4/h13-15,17-18H,5-12,16H2,1-4H3,(H2,23,24,25). The van der Waals surface area contributed by atoms with Crippen molar-refractivity contribution in [2.24, 2.45) is 10.9 Å². The highest BCUT2D eigenvalue weighted by molar-refractivity contribution is 5.80. The molecular formula is C22H37N5O2. The van der Waals surface area contributed by atoms with E-state index in [-0.39, 0.29) is 0 Å². The first-order valence-electron chi connectivity index (χ1n) is 10.8. The quantitative estimate of drug-likeness (QED) is 0.538. The lowest BCUT2D eigenvalue weighted by atomic mass is 9.99. The zero-order valence-electron chi connectivity index (χ0n) is 18.4. The normalized spacial score (nSPS) is 21.3. The number of aliphatic imine (C=N–C) groups is 1. The molecule has 0 amide bonds. The van der Waals surface area contributed by atoms with Crippen LogP contribution in [0.3, 0.4) is 0 Å². The molecule has 2 N–H and O–H groups in total. The molecule has 3 rings (SSSR count). The molecule has 2 aliphatic rings. The van der Waals surface area contributed by atoms with Gasteiger partial charge in [0.25, 0.3) is 0 Å². The lowest BCUT2D eigenvalue weighted by Crippen LogP contribution is -2.47. The summed E-state index contributed by atoms with van der Waals surface area (Å²) >= 11 is 0. The maximum atomic E-state index is 5.41. The number of guanidine groups is 1. The van der Waals surface area contributed by atoms with Gasteiger partial charge in [-0.3, -0.25) is 4.99 Å². The number of hydrogen-bond acceptors (Lipinski definition) is 5. The number of likely N-dealkylation sites (tertiary alicyclic amines) is 1. The molecule has 0 saturated carbocycles. The van der Waals surface area contributed by atoms with Crippen molar-refractivity contribution in [3.05, 3.63) is 18.2 Å². The predicted molar refractivity (Wildman–Crippen MR) is 119 cm³/mol. The Labute approximate surface area is 175 Å². The Hall–Kier alpha value is -2.15. The van der Waals surface area contributed by atoms with Crippen LogP contribution in [-0.4, -0.2) is 77.4 Å². The van der Waals surface area contributed by atoms with E-state index < -0.39 is 0 Å². The smallest absolute Gasteiger partial charge is 0.191 e. The van der Waals surface area contributed by atoms with Gasteiger partial charge >= 0.3 is 0 Å². The van der Waals surface area contributed by atoms with Crippen molar-refractivity contribution >= 4 is 11.6 Å². The molecule has 0 spiro atoms. The summed E-state index contributed by atoms with van der Waals surface area (Å²) in [5.74, 6) is 3.41. The average molecular weight is 404 g/mol. The third kappa shape index (κ3) is 6.16. The number of benzene rings is 1. The van der Waals surface area contributed by atoms with Crippen LogP contribution in [0, 0.1) is 5.92 Å². The van der Waals surface area contributed by atoms with Gasteiger partial charge in [-0.25, -0.2) is 0 Å².